The van der Waals surface area contributed by atoms with Crippen LogP contribution in [0.4, 0.5) is 0 Å². The zero-order valence-corrected chi connectivity index (χ0v) is 9.67. The topological polar surface area (TPSA) is 63.7 Å². The molecule has 0 bridgehead atoms. The van der Waals surface area contributed by atoms with Gasteiger partial charge >= 0.3 is 5.97 Å². The van der Waals surface area contributed by atoms with Crippen molar-refractivity contribution in [1.82, 2.24) is 5.06 Å². The second-order valence-electron chi connectivity index (χ2n) is 3.06. The van der Waals surface area contributed by atoms with E-state index < -0.39 is 17.8 Å². The molecule has 7 heteroatoms. The largest absolute Gasteiger partial charge is 0.333 e. The Morgan fingerprint density at radius 2 is 1.87 bits per heavy atom. The molecule has 2 amide bonds. The highest BCUT2D eigenvalue weighted by molar-refractivity contribution is 7.99. The minimum absolute atomic E-state index is 0.0781. The lowest BCUT2D eigenvalue weighted by atomic mass is 10.3. The average molecular weight is 249 g/mol. The van der Waals surface area contributed by atoms with Crippen LogP contribution in [0.2, 0.25) is 0 Å². The third-order valence-electron chi connectivity index (χ3n) is 1.81. The summed E-state index contributed by atoms with van der Waals surface area (Å²) in [6, 6.07) is 0. The van der Waals surface area contributed by atoms with Crippen LogP contribution in [0, 0.1) is 0 Å². The average Bonchev–Trinajstić information content (AvgIpc) is 2.46. The standard InChI is InChI=1S/C8H11NO4S2/c10-5-1-2-6(11)9(5)13-7(12)3-4-8(14)15/h8,14-15H,1-4H2. The predicted molar refractivity (Wildman–Crippen MR) is 58.2 cm³/mol. The van der Waals surface area contributed by atoms with Crippen LogP contribution in [0.1, 0.15) is 25.7 Å². The summed E-state index contributed by atoms with van der Waals surface area (Å²) in [7, 11) is 0. The SMILES string of the molecule is O=C(CCC(S)S)ON1C(=O)CCC1=O. The normalized spacial score (nSPS) is 16.3. The maximum atomic E-state index is 11.2. The summed E-state index contributed by atoms with van der Waals surface area (Å²) in [5.41, 5.74) is 0. The molecule has 84 valence electrons. The van der Waals surface area contributed by atoms with Gasteiger partial charge in [-0.1, -0.05) is 0 Å². The predicted octanol–water partition coefficient (Wildman–Crippen LogP) is 0.559. The van der Waals surface area contributed by atoms with Gasteiger partial charge in [0.1, 0.15) is 0 Å². The molecule has 0 N–H and O–H groups in total. The van der Waals surface area contributed by atoms with Gasteiger partial charge in [-0.3, -0.25) is 9.59 Å². The van der Waals surface area contributed by atoms with Gasteiger partial charge in [0.15, 0.2) is 0 Å². The number of carbonyl (C=O) groups is 3. The van der Waals surface area contributed by atoms with Crippen LogP contribution in [0.25, 0.3) is 0 Å². The molecular formula is C8H11NO4S2. The van der Waals surface area contributed by atoms with E-state index in [0.29, 0.717) is 11.5 Å². The lowest BCUT2D eigenvalue weighted by molar-refractivity contribution is -0.197. The summed E-state index contributed by atoms with van der Waals surface area (Å²) in [5, 5.41) is 0.536. The molecule has 15 heavy (non-hydrogen) atoms. The first kappa shape index (κ1) is 12.4. The first-order chi connectivity index (χ1) is 7.00. The van der Waals surface area contributed by atoms with Crippen LogP contribution in [0.15, 0.2) is 0 Å². The quantitative estimate of drug-likeness (QED) is 0.434. The van der Waals surface area contributed by atoms with Gasteiger partial charge in [0, 0.05) is 23.8 Å². The van der Waals surface area contributed by atoms with E-state index in [2.05, 4.69) is 30.1 Å². The number of carbonyl (C=O) groups excluding carboxylic acids is 3. The van der Waals surface area contributed by atoms with Crippen molar-refractivity contribution in [1.29, 1.82) is 0 Å². The lowest BCUT2D eigenvalue weighted by Gasteiger charge is -2.12. The van der Waals surface area contributed by atoms with Crippen molar-refractivity contribution in [3.8, 4) is 0 Å². The van der Waals surface area contributed by atoms with Crippen LogP contribution in [-0.4, -0.2) is 27.4 Å². The Hall–Kier alpha value is -0.690. The number of imide groups is 1. The van der Waals surface area contributed by atoms with E-state index in [0.717, 1.165) is 0 Å². The molecule has 1 rings (SSSR count). The maximum absolute atomic E-state index is 11.2. The number of thiol groups is 2. The van der Waals surface area contributed by atoms with Crippen molar-refractivity contribution in [2.45, 2.75) is 30.3 Å². The third-order valence-corrected chi connectivity index (χ3v) is 2.32. The fourth-order valence-corrected chi connectivity index (χ4v) is 1.31. The van der Waals surface area contributed by atoms with Crippen LogP contribution < -0.4 is 0 Å². The molecule has 0 aromatic carbocycles. The van der Waals surface area contributed by atoms with E-state index in [-0.39, 0.29) is 23.8 Å². The van der Waals surface area contributed by atoms with Gasteiger partial charge in [0.25, 0.3) is 11.8 Å². The molecule has 0 aromatic heterocycles. The molecular weight excluding hydrogens is 238 g/mol. The van der Waals surface area contributed by atoms with Gasteiger partial charge in [0.2, 0.25) is 0 Å². The minimum atomic E-state index is -0.619. The molecule has 0 aromatic rings. The summed E-state index contributed by atoms with van der Waals surface area (Å²) >= 11 is 7.93. The molecule has 0 unspecified atom stereocenters. The molecule has 1 heterocycles. The van der Waals surface area contributed by atoms with Crippen molar-refractivity contribution < 1.29 is 19.2 Å². The van der Waals surface area contributed by atoms with Gasteiger partial charge < -0.3 is 4.84 Å². The van der Waals surface area contributed by atoms with Crippen molar-refractivity contribution in [3.63, 3.8) is 0 Å². The number of hydrogen-bond donors (Lipinski definition) is 2. The van der Waals surface area contributed by atoms with E-state index in [4.69, 9.17) is 0 Å². The summed E-state index contributed by atoms with van der Waals surface area (Å²) < 4.78 is -0.220. The zero-order valence-electron chi connectivity index (χ0n) is 7.88. The number of amides is 2. The van der Waals surface area contributed by atoms with E-state index in [1.54, 1.807) is 0 Å². The summed E-state index contributed by atoms with van der Waals surface area (Å²) in [5.74, 6) is -1.56. The number of hydrogen-bond acceptors (Lipinski definition) is 6. The van der Waals surface area contributed by atoms with E-state index >= 15 is 0 Å². The fourth-order valence-electron chi connectivity index (χ4n) is 1.05. The molecule has 0 spiro atoms. The molecule has 1 aliphatic heterocycles. The smallest absolute Gasteiger partial charge is 0.330 e. The Morgan fingerprint density at radius 3 is 2.33 bits per heavy atom. The lowest BCUT2D eigenvalue weighted by Crippen LogP contribution is -2.32. The van der Waals surface area contributed by atoms with Crippen LogP contribution in [0.3, 0.4) is 0 Å². The molecule has 0 aliphatic carbocycles. The molecule has 1 saturated heterocycles. The van der Waals surface area contributed by atoms with Crippen molar-refractivity contribution in [2.75, 3.05) is 0 Å². The highest BCUT2D eigenvalue weighted by Gasteiger charge is 2.32. The van der Waals surface area contributed by atoms with Gasteiger partial charge in [0.05, 0.1) is 0 Å². The van der Waals surface area contributed by atoms with Gasteiger partial charge in [-0.15, -0.1) is 5.06 Å². The van der Waals surface area contributed by atoms with Gasteiger partial charge in [-0.05, 0) is 6.42 Å². The zero-order chi connectivity index (χ0) is 11.4. The van der Waals surface area contributed by atoms with E-state index in [9.17, 15) is 14.4 Å². The Balaban J connectivity index is 2.37. The Morgan fingerprint density at radius 1 is 1.33 bits per heavy atom. The third kappa shape index (κ3) is 3.75. The molecule has 0 saturated carbocycles. The maximum Gasteiger partial charge on any atom is 0.333 e. The first-order valence-corrected chi connectivity index (χ1v) is 5.46. The highest BCUT2D eigenvalue weighted by atomic mass is 32.2. The Bertz CT molecular complexity index is 276. The van der Waals surface area contributed by atoms with Crippen LogP contribution in [0.5, 0.6) is 0 Å². The molecule has 1 aliphatic rings. The highest BCUT2D eigenvalue weighted by Crippen LogP contribution is 2.14. The van der Waals surface area contributed by atoms with Crippen LogP contribution >= 0.6 is 25.3 Å². The summed E-state index contributed by atoms with van der Waals surface area (Å²) in [4.78, 5) is 37.9. The summed E-state index contributed by atoms with van der Waals surface area (Å²) in [6.07, 6.45) is 0.706. The number of hydroxylamine groups is 2. The second kappa shape index (κ2) is 5.41. The van der Waals surface area contributed by atoms with Gasteiger partial charge in [-0.2, -0.15) is 25.3 Å². The van der Waals surface area contributed by atoms with Gasteiger partial charge in [-0.25, -0.2) is 4.79 Å². The van der Waals surface area contributed by atoms with Crippen LogP contribution in [-0.2, 0) is 19.2 Å². The molecule has 0 radical (unpaired) electrons. The van der Waals surface area contributed by atoms with E-state index in [1.807, 2.05) is 0 Å². The second-order valence-corrected chi connectivity index (χ2v) is 4.72. The Labute approximate surface area is 97.9 Å². The van der Waals surface area contributed by atoms with Crippen molar-refractivity contribution in [3.05, 3.63) is 0 Å². The van der Waals surface area contributed by atoms with Crippen molar-refractivity contribution >= 4 is 43.0 Å². The van der Waals surface area contributed by atoms with Crippen molar-refractivity contribution in [2.24, 2.45) is 0 Å². The fraction of sp³-hybridized carbons (Fsp3) is 0.625. The van der Waals surface area contributed by atoms with E-state index in [1.165, 1.54) is 0 Å². The molecule has 5 nitrogen and oxygen atoms in total. The monoisotopic (exact) mass is 249 g/mol. The minimum Gasteiger partial charge on any atom is -0.330 e. The Kier molecular flexibility index (Phi) is 4.46. The first-order valence-electron chi connectivity index (χ1n) is 4.43. The number of nitrogens with zero attached hydrogens (tertiary/aromatic N) is 1. The summed E-state index contributed by atoms with van der Waals surface area (Å²) in [6.45, 7) is 0. The molecule has 0 atom stereocenters. The number of rotatable bonds is 4. The molecule has 1 fully saturated rings.